The summed E-state index contributed by atoms with van der Waals surface area (Å²) in [6, 6.07) is 18.8. The molecular weight excluding hydrogens is 402 g/mol. The van der Waals surface area contributed by atoms with E-state index in [0.29, 0.717) is 31.2 Å². The summed E-state index contributed by atoms with van der Waals surface area (Å²) >= 11 is 0. The highest BCUT2D eigenvalue weighted by atomic mass is 16.5. The van der Waals surface area contributed by atoms with Gasteiger partial charge in [-0.3, -0.25) is 4.79 Å². The summed E-state index contributed by atoms with van der Waals surface area (Å²) in [7, 11) is 1.67. The molecule has 0 N–H and O–H groups in total. The van der Waals surface area contributed by atoms with E-state index in [4.69, 9.17) is 9.15 Å². The molecule has 1 aromatic heterocycles. The number of para-hydroxylation sites is 1. The van der Waals surface area contributed by atoms with Crippen LogP contribution in [0.1, 0.15) is 28.6 Å². The Morgan fingerprint density at radius 1 is 1.03 bits per heavy atom. The average molecular weight is 432 g/mol. The summed E-state index contributed by atoms with van der Waals surface area (Å²) in [5.41, 5.74) is 4.43. The minimum atomic E-state index is 0.0586. The monoisotopic (exact) mass is 431 g/mol. The highest BCUT2D eigenvalue weighted by Gasteiger charge is 2.30. The molecule has 6 heteroatoms. The SMILES string of the molecule is COc1ccc(N2CCN(C(=O)c3ccoc3CN3c4ccccc4CC3C)CC2)cc1. The quantitative estimate of drug-likeness (QED) is 0.606. The molecular formula is C26H29N3O3. The van der Waals surface area contributed by atoms with Crippen LogP contribution in [-0.2, 0) is 13.0 Å². The van der Waals surface area contributed by atoms with Crippen LogP contribution in [-0.4, -0.2) is 50.1 Å². The molecule has 2 aliphatic rings. The Morgan fingerprint density at radius 2 is 1.78 bits per heavy atom. The van der Waals surface area contributed by atoms with Crippen molar-refractivity contribution in [2.24, 2.45) is 0 Å². The van der Waals surface area contributed by atoms with Gasteiger partial charge in [-0.1, -0.05) is 18.2 Å². The first-order valence-electron chi connectivity index (χ1n) is 11.2. The number of furan rings is 1. The van der Waals surface area contributed by atoms with E-state index >= 15 is 0 Å². The van der Waals surface area contributed by atoms with Gasteiger partial charge in [-0.15, -0.1) is 0 Å². The largest absolute Gasteiger partial charge is 0.497 e. The van der Waals surface area contributed by atoms with Crippen molar-refractivity contribution in [3.63, 3.8) is 0 Å². The van der Waals surface area contributed by atoms with Crippen molar-refractivity contribution in [3.05, 3.63) is 77.7 Å². The van der Waals surface area contributed by atoms with E-state index in [1.54, 1.807) is 13.4 Å². The maximum atomic E-state index is 13.3. The molecule has 0 saturated carbocycles. The maximum absolute atomic E-state index is 13.3. The van der Waals surface area contributed by atoms with Gasteiger partial charge in [-0.2, -0.15) is 0 Å². The first kappa shape index (κ1) is 20.5. The summed E-state index contributed by atoms with van der Waals surface area (Å²) in [4.78, 5) is 19.9. The minimum absolute atomic E-state index is 0.0586. The zero-order valence-electron chi connectivity index (χ0n) is 18.7. The highest BCUT2D eigenvalue weighted by molar-refractivity contribution is 5.95. The van der Waals surface area contributed by atoms with Gasteiger partial charge in [0, 0.05) is 43.6 Å². The van der Waals surface area contributed by atoms with E-state index < -0.39 is 0 Å². The zero-order chi connectivity index (χ0) is 22.1. The second-order valence-electron chi connectivity index (χ2n) is 8.54. The number of fused-ring (bicyclic) bond motifs is 1. The predicted octanol–water partition coefficient (Wildman–Crippen LogP) is 4.20. The number of carbonyl (C=O) groups is 1. The lowest BCUT2D eigenvalue weighted by molar-refractivity contribution is 0.0744. The predicted molar refractivity (Wildman–Crippen MR) is 126 cm³/mol. The van der Waals surface area contributed by atoms with Gasteiger partial charge >= 0.3 is 0 Å². The molecule has 2 aliphatic heterocycles. The van der Waals surface area contributed by atoms with Crippen LogP contribution in [0.15, 0.2) is 65.3 Å². The molecule has 6 nitrogen and oxygen atoms in total. The van der Waals surface area contributed by atoms with Gasteiger partial charge in [0.05, 0.1) is 25.5 Å². The van der Waals surface area contributed by atoms with Crippen molar-refractivity contribution in [3.8, 4) is 5.75 Å². The summed E-state index contributed by atoms with van der Waals surface area (Å²) in [5.74, 6) is 1.66. The molecule has 1 atom stereocenters. The van der Waals surface area contributed by atoms with Crippen LogP contribution in [0.4, 0.5) is 11.4 Å². The van der Waals surface area contributed by atoms with E-state index in [9.17, 15) is 4.79 Å². The van der Waals surface area contributed by atoms with Crippen molar-refractivity contribution in [2.75, 3.05) is 43.1 Å². The van der Waals surface area contributed by atoms with Crippen LogP contribution >= 0.6 is 0 Å². The van der Waals surface area contributed by atoms with Crippen molar-refractivity contribution >= 4 is 17.3 Å². The van der Waals surface area contributed by atoms with Crippen LogP contribution in [0.2, 0.25) is 0 Å². The van der Waals surface area contributed by atoms with Gasteiger partial charge in [0.15, 0.2) is 0 Å². The van der Waals surface area contributed by atoms with Gasteiger partial charge in [0.2, 0.25) is 0 Å². The van der Waals surface area contributed by atoms with Crippen LogP contribution < -0.4 is 14.5 Å². The summed E-state index contributed by atoms with van der Waals surface area (Å²) in [6.07, 6.45) is 2.66. The van der Waals surface area contributed by atoms with Crippen molar-refractivity contribution in [2.45, 2.75) is 25.9 Å². The van der Waals surface area contributed by atoms with Crippen molar-refractivity contribution in [1.29, 1.82) is 0 Å². The number of anilines is 2. The molecule has 0 bridgehead atoms. The lowest BCUT2D eigenvalue weighted by atomic mass is 10.1. The lowest BCUT2D eigenvalue weighted by Crippen LogP contribution is -2.49. The van der Waals surface area contributed by atoms with E-state index in [2.05, 4.69) is 53.1 Å². The molecule has 5 rings (SSSR count). The Bertz CT molecular complexity index is 1080. The fraction of sp³-hybridized carbons (Fsp3) is 0.346. The standard InChI is InChI=1S/C26H29N3O3/c1-19-17-20-5-3-4-6-24(20)29(19)18-25-23(11-16-32-25)26(30)28-14-12-27(13-15-28)21-7-9-22(31-2)10-8-21/h3-11,16,19H,12-15,17-18H2,1-2H3. The lowest BCUT2D eigenvalue weighted by Gasteiger charge is -2.36. The smallest absolute Gasteiger partial charge is 0.257 e. The Kier molecular flexibility index (Phi) is 5.52. The number of hydrogen-bond acceptors (Lipinski definition) is 5. The second-order valence-corrected chi connectivity index (χ2v) is 8.54. The molecule has 3 aromatic rings. The Balaban J connectivity index is 1.25. The van der Waals surface area contributed by atoms with Crippen LogP contribution in [0, 0.1) is 0 Å². The number of hydrogen-bond donors (Lipinski definition) is 0. The van der Waals surface area contributed by atoms with Crippen LogP contribution in [0.25, 0.3) is 0 Å². The maximum Gasteiger partial charge on any atom is 0.257 e. The molecule has 166 valence electrons. The van der Waals surface area contributed by atoms with Gasteiger partial charge in [0.1, 0.15) is 11.5 Å². The summed E-state index contributed by atoms with van der Waals surface area (Å²) < 4.78 is 11.1. The Morgan fingerprint density at radius 3 is 2.53 bits per heavy atom. The number of rotatable bonds is 5. The molecule has 1 fully saturated rings. The highest BCUT2D eigenvalue weighted by Crippen LogP contribution is 2.34. The van der Waals surface area contributed by atoms with E-state index in [-0.39, 0.29) is 5.91 Å². The molecule has 0 aliphatic carbocycles. The third-order valence-electron chi connectivity index (χ3n) is 6.64. The third-order valence-corrected chi connectivity index (χ3v) is 6.64. The number of nitrogens with zero attached hydrogens (tertiary/aromatic N) is 3. The fourth-order valence-electron chi connectivity index (χ4n) is 4.81. The molecule has 1 unspecified atom stereocenters. The number of carbonyl (C=O) groups excluding carboxylic acids is 1. The molecule has 1 amide bonds. The third kappa shape index (κ3) is 3.81. The topological polar surface area (TPSA) is 49.2 Å². The van der Waals surface area contributed by atoms with Gasteiger partial charge in [0.25, 0.3) is 5.91 Å². The first-order chi connectivity index (χ1) is 15.6. The second kappa shape index (κ2) is 8.61. The summed E-state index contributed by atoms with van der Waals surface area (Å²) in [6.45, 7) is 5.83. The number of ether oxygens (including phenoxy) is 1. The first-order valence-corrected chi connectivity index (χ1v) is 11.2. The van der Waals surface area contributed by atoms with Gasteiger partial charge < -0.3 is 23.9 Å². The van der Waals surface area contributed by atoms with Crippen LogP contribution in [0.3, 0.4) is 0 Å². The Hall–Kier alpha value is -3.41. The normalized spacial score (nSPS) is 18.1. The van der Waals surface area contributed by atoms with Crippen molar-refractivity contribution < 1.29 is 13.9 Å². The van der Waals surface area contributed by atoms with E-state index in [1.165, 1.54) is 11.3 Å². The number of methoxy groups -OCH3 is 1. The molecule has 3 heterocycles. The minimum Gasteiger partial charge on any atom is -0.497 e. The summed E-state index contributed by atoms with van der Waals surface area (Å²) in [5, 5.41) is 0. The van der Waals surface area contributed by atoms with E-state index in [0.717, 1.165) is 36.7 Å². The van der Waals surface area contributed by atoms with Crippen molar-refractivity contribution in [1.82, 2.24) is 4.90 Å². The van der Waals surface area contributed by atoms with Crippen LogP contribution in [0.5, 0.6) is 5.75 Å². The number of amides is 1. The van der Waals surface area contributed by atoms with Gasteiger partial charge in [-0.05, 0) is 55.3 Å². The number of piperazine rings is 1. The molecule has 0 spiro atoms. The average Bonchev–Trinajstić information content (AvgIpc) is 3.43. The molecule has 0 radical (unpaired) electrons. The fourth-order valence-corrected chi connectivity index (χ4v) is 4.81. The molecule has 1 saturated heterocycles. The van der Waals surface area contributed by atoms with Gasteiger partial charge in [-0.25, -0.2) is 0 Å². The Labute approximate surface area is 189 Å². The molecule has 32 heavy (non-hydrogen) atoms. The molecule has 2 aromatic carbocycles. The zero-order valence-corrected chi connectivity index (χ0v) is 18.7. The number of benzene rings is 2. The van der Waals surface area contributed by atoms with E-state index in [1.807, 2.05) is 23.1 Å².